The van der Waals surface area contributed by atoms with Crippen LogP contribution in [-0.2, 0) is 17.8 Å². The van der Waals surface area contributed by atoms with E-state index < -0.39 is 0 Å². The van der Waals surface area contributed by atoms with E-state index in [1.807, 2.05) is 60.7 Å². The summed E-state index contributed by atoms with van der Waals surface area (Å²) in [6.07, 6.45) is 4.04. The van der Waals surface area contributed by atoms with Gasteiger partial charge in [-0.1, -0.05) is 0 Å². The molecule has 0 fully saturated rings. The summed E-state index contributed by atoms with van der Waals surface area (Å²) in [4.78, 5) is 42.5. The Labute approximate surface area is 181 Å². The molecule has 1 aromatic carbocycles. The van der Waals surface area contributed by atoms with E-state index in [2.05, 4.69) is 10.3 Å². The number of anilines is 1. The number of nitrogens with one attached hydrogen (secondary N) is 2. The minimum absolute atomic E-state index is 0.0839. The highest BCUT2D eigenvalue weighted by Gasteiger charge is 2.26. The quantitative estimate of drug-likeness (QED) is 0.634. The van der Waals surface area contributed by atoms with E-state index in [0.29, 0.717) is 36.5 Å². The Morgan fingerprint density at radius 2 is 1.94 bits per heavy atom. The molecule has 1 aliphatic carbocycles. The molecule has 7 nitrogen and oxygen atoms in total. The van der Waals surface area contributed by atoms with Gasteiger partial charge in [-0.25, -0.2) is 0 Å². The van der Waals surface area contributed by atoms with Crippen LogP contribution in [0.3, 0.4) is 0 Å². The summed E-state index contributed by atoms with van der Waals surface area (Å²) in [5.74, 6) is -0.0631. The molecule has 1 aliphatic rings. The van der Waals surface area contributed by atoms with Gasteiger partial charge in [0.25, 0.3) is 5.91 Å². The van der Waals surface area contributed by atoms with Crippen LogP contribution in [0.25, 0.3) is 10.9 Å². The lowest BCUT2D eigenvalue weighted by atomic mass is 9.94. The highest BCUT2D eigenvalue weighted by atomic mass is 16.2. The first-order valence-corrected chi connectivity index (χ1v) is 10.9. The van der Waals surface area contributed by atoms with E-state index in [9.17, 15) is 14.4 Å². The summed E-state index contributed by atoms with van der Waals surface area (Å²) >= 11 is 0. The lowest BCUT2D eigenvalue weighted by molar-refractivity contribution is -0.131. The fraction of sp³-hybridized carbons (Fsp3) is 0.375. The van der Waals surface area contributed by atoms with Crippen molar-refractivity contribution in [3.8, 4) is 0 Å². The third-order valence-electron chi connectivity index (χ3n) is 6.11. The van der Waals surface area contributed by atoms with Gasteiger partial charge in [0, 0.05) is 53.6 Å². The van der Waals surface area contributed by atoms with Crippen molar-refractivity contribution in [2.45, 2.75) is 46.6 Å². The Morgan fingerprint density at radius 1 is 1.16 bits per heavy atom. The first kappa shape index (κ1) is 20.9. The number of aromatic amines is 1. The minimum atomic E-state index is -0.254. The molecule has 2 aromatic heterocycles. The number of likely N-dealkylation sites (N-methyl/N-ethyl adjacent to an activating group) is 1. The van der Waals surface area contributed by atoms with Crippen molar-refractivity contribution in [1.82, 2.24) is 14.5 Å². The Balaban J connectivity index is 1.53. The third kappa shape index (κ3) is 3.87. The Morgan fingerprint density at radius 3 is 2.65 bits per heavy atom. The molecule has 31 heavy (non-hydrogen) atoms. The Kier molecular flexibility index (Phi) is 5.67. The number of aromatic nitrogens is 2. The van der Waals surface area contributed by atoms with Crippen molar-refractivity contribution >= 4 is 34.2 Å². The molecule has 162 valence electrons. The number of nitrogens with zero attached hydrogens (tertiary/aromatic N) is 2. The second kappa shape index (κ2) is 8.41. The molecule has 4 rings (SSSR count). The van der Waals surface area contributed by atoms with Crippen LogP contribution in [-0.4, -0.2) is 45.1 Å². The summed E-state index contributed by atoms with van der Waals surface area (Å²) in [5.41, 5.74) is 4.33. The maximum Gasteiger partial charge on any atom is 0.272 e. The highest BCUT2D eigenvalue weighted by Crippen LogP contribution is 2.27. The van der Waals surface area contributed by atoms with Crippen LogP contribution in [0.4, 0.5) is 5.69 Å². The van der Waals surface area contributed by atoms with Crippen molar-refractivity contribution in [2.24, 2.45) is 0 Å². The number of carbonyl (C=O) groups is 3. The van der Waals surface area contributed by atoms with Crippen LogP contribution < -0.4 is 5.32 Å². The van der Waals surface area contributed by atoms with E-state index >= 15 is 0 Å². The SMILES string of the molecule is CCN(CC)C(=O)Cn1ccc2cc(NC(=O)c3[nH]c4c(c3C)C(=O)CCC4)ccc21. The van der Waals surface area contributed by atoms with Gasteiger partial charge < -0.3 is 19.8 Å². The molecule has 0 unspecified atom stereocenters. The third-order valence-corrected chi connectivity index (χ3v) is 6.11. The fourth-order valence-corrected chi connectivity index (χ4v) is 4.43. The maximum absolute atomic E-state index is 12.9. The van der Waals surface area contributed by atoms with E-state index in [1.54, 1.807) is 0 Å². The lowest BCUT2D eigenvalue weighted by Gasteiger charge is -2.19. The van der Waals surface area contributed by atoms with Gasteiger partial charge in [-0.05, 0) is 63.4 Å². The average Bonchev–Trinajstić information content (AvgIpc) is 3.30. The number of amides is 2. The summed E-state index contributed by atoms with van der Waals surface area (Å²) in [6.45, 7) is 7.45. The number of H-pyrrole nitrogens is 1. The number of benzene rings is 1. The number of aryl methyl sites for hydroxylation is 1. The number of rotatable bonds is 6. The summed E-state index contributed by atoms with van der Waals surface area (Å²) in [5, 5.41) is 3.88. The van der Waals surface area contributed by atoms with Crippen LogP contribution in [0.1, 0.15) is 58.8 Å². The average molecular weight is 421 g/mol. The lowest BCUT2D eigenvalue weighted by Crippen LogP contribution is -2.33. The predicted octanol–water partition coefficient (Wildman–Crippen LogP) is 3.92. The zero-order valence-corrected chi connectivity index (χ0v) is 18.2. The predicted molar refractivity (Wildman–Crippen MR) is 121 cm³/mol. The normalized spacial score (nSPS) is 13.3. The van der Waals surface area contributed by atoms with Gasteiger partial charge >= 0.3 is 0 Å². The van der Waals surface area contributed by atoms with Crippen LogP contribution in [0, 0.1) is 6.92 Å². The van der Waals surface area contributed by atoms with Crippen LogP contribution in [0.15, 0.2) is 30.5 Å². The zero-order chi connectivity index (χ0) is 22.1. The molecule has 0 spiro atoms. The van der Waals surface area contributed by atoms with Crippen LogP contribution in [0.2, 0.25) is 0 Å². The van der Waals surface area contributed by atoms with Crippen molar-refractivity contribution in [3.63, 3.8) is 0 Å². The zero-order valence-electron chi connectivity index (χ0n) is 18.2. The minimum Gasteiger partial charge on any atom is -0.354 e. The Bertz CT molecular complexity index is 1170. The molecule has 0 radical (unpaired) electrons. The van der Waals surface area contributed by atoms with Gasteiger partial charge in [0.05, 0.1) is 0 Å². The largest absolute Gasteiger partial charge is 0.354 e. The van der Waals surface area contributed by atoms with E-state index in [4.69, 9.17) is 0 Å². The van der Waals surface area contributed by atoms with Gasteiger partial charge in [-0.2, -0.15) is 0 Å². The van der Waals surface area contributed by atoms with E-state index in [-0.39, 0.29) is 24.1 Å². The molecular formula is C24H28N4O3. The summed E-state index contributed by atoms with van der Waals surface area (Å²) < 4.78 is 1.93. The first-order chi connectivity index (χ1) is 14.9. The van der Waals surface area contributed by atoms with Crippen LogP contribution in [0.5, 0.6) is 0 Å². The van der Waals surface area contributed by atoms with E-state index in [1.165, 1.54) is 0 Å². The number of hydrogen-bond donors (Lipinski definition) is 2. The van der Waals surface area contributed by atoms with Gasteiger partial charge in [0.15, 0.2) is 5.78 Å². The molecule has 2 N–H and O–H groups in total. The highest BCUT2D eigenvalue weighted by molar-refractivity contribution is 6.09. The van der Waals surface area contributed by atoms with Gasteiger partial charge in [0.1, 0.15) is 12.2 Å². The molecule has 0 saturated heterocycles. The Hall–Kier alpha value is -3.35. The molecule has 0 bridgehead atoms. The molecule has 7 heteroatoms. The summed E-state index contributed by atoms with van der Waals surface area (Å²) in [7, 11) is 0. The second-order valence-corrected chi connectivity index (χ2v) is 7.99. The standard InChI is InChI=1S/C24H28N4O3/c1-4-27(5-2)21(30)14-28-12-11-16-13-17(9-10-19(16)28)25-24(31)23-15(3)22-18(26-23)7-6-8-20(22)29/h9-13,26H,4-8,14H2,1-3H3,(H,25,31). The van der Waals surface area contributed by atoms with Crippen molar-refractivity contribution < 1.29 is 14.4 Å². The van der Waals surface area contributed by atoms with Crippen LogP contribution >= 0.6 is 0 Å². The van der Waals surface area contributed by atoms with Gasteiger partial charge in [-0.3, -0.25) is 14.4 Å². The summed E-state index contributed by atoms with van der Waals surface area (Å²) in [6, 6.07) is 7.59. The number of Topliss-reactive ketones (excluding diaryl/α,β-unsaturated/α-hetero) is 1. The molecule has 0 atom stereocenters. The fourth-order valence-electron chi connectivity index (χ4n) is 4.43. The van der Waals surface area contributed by atoms with Crippen molar-refractivity contribution in [1.29, 1.82) is 0 Å². The molecular weight excluding hydrogens is 392 g/mol. The topological polar surface area (TPSA) is 87.2 Å². The van der Waals surface area contributed by atoms with Gasteiger partial charge in [-0.15, -0.1) is 0 Å². The molecule has 0 saturated carbocycles. The molecule has 2 heterocycles. The second-order valence-electron chi connectivity index (χ2n) is 7.99. The van der Waals surface area contributed by atoms with Crippen molar-refractivity contribution in [2.75, 3.05) is 18.4 Å². The monoisotopic (exact) mass is 420 g/mol. The van der Waals surface area contributed by atoms with E-state index in [0.717, 1.165) is 35.0 Å². The van der Waals surface area contributed by atoms with Crippen molar-refractivity contribution in [3.05, 3.63) is 53.0 Å². The number of carbonyl (C=O) groups excluding carboxylic acids is 3. The smallest absolute Gasteiger partial charge is 0.272 e. The number of ketones is 1. The molecule has 0 aliphatic heterocycles. The molecule has 3 aromatic rings. The number of hydrogen-bond acceptors (Lipinski definition) is 3. The molecule has 2 amide bonds. The van der Waals surface area contributed by atoms with Gasteiger partial charge in [0.2, 0.25) is 5.91 Å². The maximum atomic E-state index is 12.9. The first-order valence-electron chi connectivity index (χ1n) is 10.9. The number of fused-ring (bicyclic) bond motifs is 2.